The molecule has 1 saturated heterocycles. The molecule has 162 valence electrons. The van der Waals surface area contributed by atoms with E-state index in [9.17, 15) is 26.4 Å². The van der Waals surface area contributed by atoms with E-state index in [4.69, 9.17) is 4.74 Å². The van der Waals surface area contributed by atoms with Gasteiger partial charge < -0.3 is 9.64 Å². The topological polar surface area (TPSA) is 118 Å². The number of rotatable bonds is 7. The normalized spacial score (nSPS) is 19.7. The standard InChI is InChI=1S/C18H26N2O7S2/c1-5-20(15-9-10-28(23,24)12-15)17(21)13(2)27-18(22)14-7-6-8-16(11-14)29(25,26)19(3)4/h6-8,11,13,15H,5,9-10,12H2,1-4H3/t13-,15-/m0/s1. The molecule has 1 aliphatic rings. The third kappa shape index (κ3) is 5.34. The number of nitrogens with zero attached hydrogens (tertiary/aromatic N) is 2. The van der Waals surface area contributed by atoms with Crippen LogP contribution >= 0.6 is 0 Å². The molecule has 0 aromatic heterocycles. The Morgan fingerprint density at radius 1 is 1.28 bits per heavy atom. The van der Waals surface area contributed by atoms with Crippen LogP contribution in [0, 0.1) is 0 Å². The van der Waals surface area contributed by atoms with Crippen LogP contribution in [0.3, 0.4) is 0 Å². The fourth-order valence-electron chi connectivity index (χ4n) is 3.12. The molecule has 0 saturated carbocycles. The minimum Gasteiger partial charge on any atom is -0.449 e. The molecule has 11 heteroatoms. The number of carbonyl (C=O) groups excluding carboxylic acids is 2. The molecule has 0 N–H and O–H groups in total. The SMILES string of the molecule is CCN(C(=O)[C@H](C)OC(=O)c1cccc(S(=O)(=O)N(C)C)c1)[C@H]1CCS(=O)(=O)C1. The first kappa shape index (κ1) is 23.3. The monoisotopic (exact) mass is 446 g/mol. The van der Waals surface area contributed by atoms with E-state index in [1.165, 1.54) is 50.2 Å². The first-order valence-electron chi connectivity index (χ1n) is 9.13. The zero-order valence-corrected chi connectivity index (χ0v) is 18.5. The van der Waals surface area contributed by atoms with E-state index in [0.717, 1.165) is 4.31 Å². The fourth-order valence-corrected chi connectivity index (χ4v) is 5.80. The van der Waals surface area contributed by atoms with Crippen LogP contribution in [0.15, 0.2) is 29.2 Å². The van der Waals surface area contributed by atoms with Crippen molar-refractivity contribution < 1.29 is 31.2 Å². The molecule has 2 atom stereocenters. The van der Waals surface area contributed by atoms with E-state index >= 15 is 0 Å². The Labute approximate surface area is 171 Å². The summed E-state index contributed by atoms with van der Waals surface area (Å²) in [6, 6.07) is 4.93. The zero-order valence-electron chi connectivity index (χ0n) is 16.9. The molecule has 0 bridgehead atoms. The highest BCUT2D eigenvalue weighted by Gasteiger charge is 2.36. The third-order valence-electron chi connectivity index (χ3n) is 4.75. The second kappa shape index (κ2) is 8.80. The van der Waals surface area contributed by atoms with E-state index < -0.39 is 43.9 Å². The number of sulfone groups is 1. The van der Waals surface area contributed by atoms with Gasteiger partial charge in [0.2, 0.25) is 10.0 Å². The summed E-state index contributed by atoms with van der Waals surface area (Å²) in [6.07, 6.45) is -0.785. The van der Waals surface area contributed by atoms with Crippen LogP contribution < -0.4 is 0 Å². The highest BCUT2D eigenvalue weighted by atomic mass is 32.2. The van der Waals surface area contributed by atoms with Crippen LogP contribution in [0.2, 0.25) is 0 Å². The summed E-state index contributed by atoms with van der Waals surface area (Å²) in [6.45, 7) is 3.43. The summed E-state index contributed by atoms with van der Waals surface area (Å²) in [4.78, 5) is 26.5. The second-order valence-electron chi connectivity index (χ2n) is 7.04. The van der Waals surface area contributed by atoms with Gasteiger partial charge in [-0.15, -0.1) is 0 Å². The number of hydrogen-bond acceptors (Lipinski definition) is 7. The molecule has 1 aromatic rings. The Hall–Kier alpha value is -1.98. The average molecular weight is 447 g/mol. The molecule has 1 heterocycles. The second-order valence-corrected chi connectivity index (χ2v) is 11.4. The molecule has 2 rings (SSSR count). The Kier molecular flexibility index (Phi) is 7.07. The smallest absolute Gasteiger partial charge is 0.338 e. The summed E-state index contributed by atoms with van der Waals surface area (Å²) >= 11 is 0. The lowest BCUT2D eigenvalue weighted by Gasteiger charge is -2.29. The lowest BCUT2D eigenvalue weighted by Crippen LogP contribution is -2.46. The van der Waals surface area contributed by atoms with Crippen molar-refractivity contribution in [2.75, 3.05) is 32.1 Å². The molecule has 0 aliphatic carbocycles. The molecule has 9 nitrogen and oxygen atoms in total. The maximum absolute atomic E-state index is 12.7. The van der Waals surface area contributed by atoms with Crippen molar-refractivity contribution in [3.8, 4) is 0 Å². The molecule has 29 heavy (non-hydrogen) atoms. The predicted octanol–water partition coefficient (Wildman–Crippen LogP) is 0.518. The summed E-state index contributed by atoms with van der Waals surface area (Å²) in [7, 11) is -4.13. The molecule has 1 fully saturated rings. The van der Waals surface area contributed by atoms with Crippen LogP contribution in [0.25, 0.3) is 0 Å². The number of sulfonamides is 1. The molecule has 1 aromatic carbocycles. The lowest BCUT2D eigenvalue weighted by atomic mass is 10.2. The molecule has 1 amide bonds. The van der Waals surface area contributed by atoms with Gasteiger partial charge in [0.25, 0.3) is 5.91 Å². The Bertz CT molecular complexity index is 987. The maximum atomic E-state index is 12.7. The minimum absolute atomic E-state index is 0.000863. The molecule has 1 aliphatic heterocycles. The van der Waals surface area contributed by atoms with Crippen LogP contribution in [-0.4, -0.2) is 82.2 Å². The van der Waals surface area contributed by atoms with E-state index in [1.807, 2.05) is 0 Å². The number of amides is 1. The molecular formula is C18H26N2O7S2. The van der Waals surface area contributed by atoms with Crippen LogP contribution in [0.4, 0.5) is 0 Å². The molecular weight excluding hydrogens is 420 g/mol. The van der Waals surface area contributed by atoms with Crippen LogP contribution in [-0.2, 0) is 29.4 Å². The van der Waals surface area contributed by atoms with Gasteiger partial charge in [-0.1, -0.05) is 6.07 Å². The van der Waals surface area contributed by atoms with Gasteiger partial charge in [0.15, 0.2) is 15.9 Å². The maximum Gasteiger partial charge on any atom is 0.338 e. The van der Waals surface area contributed by atoms with E-state index in [-0.39, 0.29) is 28.5 Å². The lowest BCUT2D eigenvalue weighted by molar-refractivity contribution is -0.141. The van der Waals surface area contributed by atoms with Crippen molar-refractivity contribution >= 4 is 31.7 Å². The minimum atomic E-state index is -3.72. The highest BCUT2D eigenvalue weighted by molar-refractivity contribution is 7.91. The van der Waals surface area contributed by atoms with Crippen molar-refractivity contribution in [1.82, 2.24) is 9.21 Å². The van der Waals surface area contributed by atoms with E-state index in [0.29, 0.717) is 6.42 Å². The highest BCUT2D eigenvalue weighted by Crippen LogP contribution is 2.20. The van der Waals surface area contributed by atoms with Gasteiger partial charge in [-0.3, -0.25) is 4.79 Å². The average Bonchev–Trinajstić information content (AvgIpc) is 3.01. The number of benzene rings is 1. The summed E-state index contributed by atoms with van der Waals surface area (Å²) in [5.41, 5.74) is -0.000863. The van der Waals surface area contributed by atoms with Gasteiger partial charge in [-0.05, 0) is 38.5 Å². The van der Waals surface area contributed by atoms with Gasteiger partial charge in [-0.25, -0.2) is 25.9 Å². The van der Waals surface area contributed by atoms with Crippen molar-refractivity contribution in [3.63, 3.8) is 0 Å². The quantitative estimate of drug-likeness (QED) is 0.560. The Balaban J connectivity index is 2.13. The number of ether oxygens (including phenoxy) is 1. The Morgan fingerprint density at radius 3 is 2.45 bits per heavy atom. The number of likely N-dealkylation sites (N-methyl/N-ethyl adjacent to an activating group) is 1. The summed E-state index contributed by atoms with van der Waals surface area (Å²) < 4.78 is 54.1. The van der Waals surface area contributed by atoms with Gasteiger partial charge >= 0.3 is 5.97 Å². The largest absolute Gasteiger partial charge is 0.449 e. The van der Waals surface area contributed by atoms with Crippen LogP contribution in [0.5, 0.6) is 0 Å². The third-order valence-corrected chi connectivity index (χ3v) is 8.31. The Morgan fingerprint density at radius 2 is 1.93 bits per heavy atom. The summed E-state index contributed by atoms with van der Waals surface area (Å²) in [5.74, 6) is -1.39. The first-order chi connectivity index (χ1) is 13.4. The van der Waals surface area contributed by atoms with Gasteiger partial charge in [-0.2, -0.15) is 0 Å². The van der Waals surface area contributed by atoms with Crippen molar-refractivity contribution in [1.29, 1.82) is 0 Å². The van der Waals surface area contributed by atoms with Gasteiger partial charge in [0.05, 0.1) is 22.0 Å². The fraction of sp³-hybridized carbons (Fsp3) is 0.556. The van der Waals surface area contributed by atoms with Crippen LogP contribution in [0.1, 0.15) is 30.6 Å². The molecule has 0 unspecified atom stereocenters. The first-order valence-corrected chi connectivity index (χ1v) is 12.4. The van der Waals surface area contributed by atoms with Crippen molar-refractivity contribution in [2.24, 2.45) is 0 Å². The molecule has 0 spiro atoms. The predicted molar refractivity (Wildman–Crippen MR) is 107 cm³/mol. The number of carbonyl (C=O) groups is 2. The summed E-state index contributed by atoms with van der Waals surface area (Å²) in [5, 5.41) is 0. The zero-order chi connectivity index (χ0) is 22.0. The van der Waals surface area contributed by atoms with E-state index in [1.54, 1.807) is 6.92 Å². The number of esters is 1. The van der Waals surface area contributed by atoms with Gasteiger partial charge in [0.1, 0.15) is 0 Å². The van der Waals surface area contributed by atoms with Gasteiger partial charge in [0, 0.05) is 26.7 Å². The molecule has 0 radical (unpaired) electrons. The van der Waals surface area contributed by atoms with Crippen molar-refractivity contribution in [2.45, 2.75) is 37.3 Å². The van der Waals surface area contributed by atoms with Crippen molar-refractivity contribution in [3.05, 3.63) is 29.8 Å². The van der Waals surface area contributed by atoms with E-state index in [2.05, 4.69) is 0 Å². The number of hydrogen-bond donors (Lipinski definition) is 0.